The van der Waals surface area contributed by atoms with Crippen molar-refractivity contribution >= 4 is 35.1 Å². The molecule has 1 fully saturated rings. The van der Waals surface area contributed by atoms with Gasteiger partial charge in [0.25, 0.3) is 0 Å². The van der Waals surface area contributed by atoms with E-state index in [2.05, 4.69) is 20.5 Å². The minimum atomic E-state index is -0.0975. The molecule has 1 unspecified atom stereocenters. The number of nitrogens with one attached hydrogen (secondary N) is 2. The number of amides is 1. The third kappa shape index (κ3) is 8.38. The predicted octanol–water partition coefficient (Wildman–Crippen LogP) is 2.40. The largest absolute Gasteiger partial charge is 0.379 e. The first-order valence-electron chi connectivity index (χ1n) is 9.87. The standard InChI is InChI=1S/C20H31Cl2N5O2/c1-15(17-6-5-16(21)13-18(17)22)25-20(24-14-19(28)26(2)3)23-7-4-8-27-9-11-29-12-10-27/h5-6,13,15H,4,7-12,14H2,1-3H3,(H2,23,24,25). The van der Waals surface area contributed by atoms with Crippen LogP contribution in [0, 0.1) is 0 Å². The van der Waals surface area contributed by atoms with Gasteiger partial charge in [0.1, 0.15) is 6.54 Å². The number of rotatable bonds is 8. The van der Waals surface area contributed by atoms with Crippen LogP contribution in [0.4, 0.5) is 0 Å². The summed E-state index contributed by atoms with van der Waals surface area (Å²) in [5.74, 6) is 0.525. The molecule has 1 aliphatic rings. The van der Waals surface area contributed by atoms with E-state index in [1.54, 1.807) is 20.2 Å². The number of guanidine groups is 1. The molecule has 2 N–H and O–H groups in total. The Morgan fingerprint density at radius 2 is 2.03 bits per heavy atom. The third-order valence-electron chi connectivity index (χ3n) is 4.70. The first kappa shape index (κ1) is 23.7. The maximum atomic E-state index is 11.9. The van der Waals surface area contributed by atoms with E-state index in [0.717, 1.165) is 51.4 Å². The van der Waals surface area contributed by atoms with Crippen LogP contribution in [0.2, 0.25) is 10.0 Å². The SMILES string of the molecule is CC(NC(=NCC(=O)N(C)C)NCCCN1CCOCC1)c1ccc(Cl)cc1Cl. The summed E-state index contributed by atoms with van der Waals surface area (Å²) in [4.78, 5) is 20.3. The summed E-state index contributed by atoms with van der Waals surface area (Å²) in [6, 6.07) is 5.32. The Hall–Kier alpha value is -1.54. The van der Waals surface area contributed by atoms with E-state index in [1.807, 2.05) is 19.1 Å². The maximum absolute atomic E-state index is 11.9. The monoisotopic (exact) mass is 443 g/mol. The smallest absolute Gasteiger partial charge is 0.243 e. The Morgan fingerprint density at radius 3 is 2.69 bits per heavy atom. The second-order valence-electron chi connectivity index (χ2n) is 7.22. The van der Waals surface area contributed by atoms with Gasteiger partial charge in [-0.2, -0.15) is 0 Å². The van der Waals surface area contributed by atoms with Crippen LogP contribution in [0.15, 0.2) is 23.2 Å². The molecule has 0 bridgehead atoms. The molecule has 162 valence electrons. The average Bonchev–Trinajstić information content (AvgIpc) is 2.69. The van der Waals surface area contributed by atoms with E-state index >= 15 is 0 Å². The zero-order chi connectivity index (χ0) is 21.2. The van der Waals surface area contributed by atoms with Crippen molar-refractivity contribution in [1.29, 1.82) is 0 Å². The summed E-state index contributed by atoms with van der Waals surface area (Å²) in [7, 11) is 3.44. The molecule has 1 aliphatic heterocycles. The number of halogens is 2. The molecule has 0 radical (unpaired) electrons. The van der Waals surface area contributed by atoms with Crippen LogP contribution < -0.4 is 10.6 Å². The Bertz CT molecular complexity index is 693. The zero-order valence-corrected chi connectivity index (χ0v) is 18.9. The summed E-state index contributed by atoms with van der Waals surface area (Å²) in [6.45, 7) is 7.37. The Balaban J connectivity index is 1.94. The van der Waals surface area contributed by atoms with E-state index in [-0.39, 0.29) is 18.5 Å². The van der Waals surface area contributed by atoms with Gasteiger partial charge >= 0.3 is 0 Å². The summed E-state index contributed by atoms with van der Waals surface area (Å²) < 4.78 is 5.38. The summed E-state index contributed by atoms with van der Waals surface area (Å²) in [5, 5.41) is 7.85. The average molecular weight is 444 g/mol. The first-order valence-corrected chi connectivity index (χ1v) is 10.6. The van der Waals surface area contributed by atoms with Gasteiger partial charge in [0, 0.05) is 43.8 Å². The normalized spacial score (nSPS) is 16.4. The summed E-state index contributed by atoms with van der Waals surface area (Å²) in [6.07, 6.45) is 0.971. The van der Waals surface area contributed by atoms with Crippen molar-refractivity contribution < 1.29 is 9.53 Å². The molecule has 9 heteroatoms. The molecule has 0 saturated carbocycles. The maximum Gasteiger partial charge on any atom is 0.243 e. The van der Waals surface area contributed by atoms with Gasteiger partial charge in [0.2, 0.25) is 5.91 Å². The molecular formula is C20H31Cl2N5O2. The molecule has 1 aromatic carbocycles. The van der Waals surface area contributed by atoms with Gasteiger partial charge in [-0.15, -0.1) is 0 Å². The number of likely N-dealkylation sites (N-methyl/N-ethyl adjacent to an activating group) is 1. The highest BCUT2D eigenvalue weighted by Gasteiger charge is 2.14. The lowest BCUT2D eigenvalue weighted by Gasteiger charge is -2.26. The third-order valence-corrected chi connectivity index (χ3v) is 5.26. The number of nitrogens with zero attached hydrogens (tertiary/aromatic N) is 3. The number of carbonyl (C=O) groups excluding carboxylic acids is 1. The number of carbonyl (C=O) groups is 1. The van der Waals surface area contributed by atoms with Gasteiger partial charge in [-0.1, -0.05) is 29.3 Å². The van der Waals surface area contributed by atoms with Crippen molar-refractivity contribution in [2.45, 2.75) is 19.4 Å². The lowest BCUT2D eigenvalue weighted by atomic mass is 10.1. The van der Waals surface area contributed by atoms with Crippen LogP contribution in [0.1, 0.15) is 24.9 Å². The first-order chi connectivity index (χ1) is 13.9. The van der Waals surface area contributed by atoms with E-state index in [1.165, 1.54) is 4.90 Å². The molecule has 29 heavy (non-hydrogen) atoms. The fraction of sp³-hybridized carbons (Fsp3) is 0.600. The quantitative estimate of drug-likeness (QED) is 0.366. The molecule has 1 amide bonds. The van der Waals surface area contributed by atoms with E-state index < -0.39 is 0 Å². The van der Waals surface area contributed by atoms with Gasteiger partial charge in [0.05, 0.1) is 19.3 Å². The van der Waals surface area contributed by atoms with Crippen LogP contribution in [-0.4, -0.2) is 81.7 Å². The lowest BCUT2D eigenvalue weighted by molar-refractivity contribution is -0.127. The molecule has 0 aromatic heterocycles. The van der Waals surface area contributed by atoms with E-state index in [4.69, 9.17) is 27.9 Å². The van der Waals surface area contributed by atoms with Crippen LogP contribution >= 0.6 is 23.2 Å². The molecule has 7 nitrogen and oxygen atoms in total. The number of benzene rings is 1. The summed E-state index contributed by atoms with van der Waals surface area (Å²) >= 11 is 12.3. The minimum Gasteiger partial charge on any atom is -0.379 e. The molecule has 0 spiro atoms. The fourth-order valence-electron chi connectivity index (χ4n) is 2.91. The molecular weight excluding hydrogens is 413 g/mol. The van der Waals surface area contributed by atoms with Crippen molar-refractivity contribution in [1.82, 2.24) is 20.4 Å². The number of morpholine rings is 1. The van der Waals surface area contributed by atoms with Crippen molar-refractivity contribution in [3.05, 3.63) is 33.8 Å². The molecule has 1 saturated heterocycles. The molecule has 1 heterocycles. The number of aliphatic imine (C=N–C) groups is 1. The van der Waals surface area contributed by atoms with Gasteiger partial charge in [-0.05, 0) is 37.6 Å². The van der Waals surface area contributed by atoms with Gasteiger partial charge in [0.15, 0.2) is 5.96 Å². The van der Waals surface area contributed by atoms with Gasteiger partial charge in [-0.3, -0.25) is 9.69 Å². The van der Waals surface area contributed by atoms with E-state index in [0.29, 0.717) is 16.0 Å². The second-order valence-corrected chi connectivity index (χ2v) is 8.06. The van der Waals surface area contributed by atoms with Crippen LogP contribution in [0.25, 0.3) is 0 Å². The lowest BCUT2D eigenvalue weighted by Crippen LogP contribution is -2.42. The van der Waals surface area contributed by atoms with Crippen LogP contribution in [-0.2, 0) is 9.53 Å². The second kappa shape index (κ2) is 12.2. The van der Waals surface area contributed by atoms with Crippen LogP contribution in [0.3, 0.4) is 0 Å². The highest BCUT2D eigenvalue weighted by atomic mass is 35.5. The predicted molar refractivity (Wildman–Crippen MR) is 119 cm³/mol. The molecule has 1 atom stereocenters. The summed E-state index contributed by atoms with van der Waals surface area (Å²) in [5.41, 5.74) is 0.915. The number of hydrogen-bond acceptors (Lipinski definition) is 4. The minimum absolute atomic E-state index is 0.0587. The van der Waals surface area contributed by atoms with Gasteiger partial charge < -0.3 is 20.3 Å². The highest BCUT2D eigenvalue weighted by Crippen LogP contribution is 2.25. The van der Waals surface area contributed by atoms with Crippen molar-refractivity contribution in [2.24, 2.45) is 4.99 Å². The Labute approximate surface area is 183 Å². The number of hydrogen-bond donors (Lipinski definition) is 2. The fourth-order valence-corrected chi connectivity index (χ4v) is 3.48. The molecule has 0 aliphatic carbocycles. The van der Waals surface area contributed by atoms with Crippen molar-refractivity contribution in [2.75, 3.05) is 60.0 Å². The number of ether oxygens (including phenoxy) is 1. The zero-order valence-electron chi connectivity index (χ0n) is 17.4. The highest BCUT2D eigenvalue weighted by molar-refractivity contribution is 6.35. The van der Waals surface area contributed by atoms with Crippen LogP contribution in [0.5, 0.6) is 0 Å². The van der Waals surface area contributed by atoms with Crippen molar-refractivity contribution in [3.63, 3.8) is 0 Å². The van der Waals surface area contributed by atoms with Gasteiger partial charge in [-0.25, -0.2) is 4.99 Å². The molecule has 1 aromatic rings. The van der Waals surface area contributed by atoms with Crippen molar-refractivity contribution in [3.8, 4) is 0 Å². The van der Waals surface area contributed by atoms with E-state index in [9.17, 15) is 4.79 Å². The molecule has 2 rings (SSSR count). The topological polar surface area (TPSA) is 69.2 Å². The Morgan fingerprint density at radius 1 is 1.31 bits per heavy atom. The Kier molecular flexibility index (Phi) is 10.0.